The minimum Gasteiger partial charge on any atom is -0.312 e. The molecule has 7 atom stereocenters. The van der Waals surface area contributed by atoms with Crippen molar-refractivity contribution in [2.45, 2.75) is 105 Å². The molecule has 0 spiro atoms. The summed E-state index contributed by atoms with van der Waals surface area (Å²) in [4.78, 5) is 32.5. The van der Waals surface area contributed by atoms with Crippen LogP contribution in [0.3, 0.4) is 0 Å². The molecular formula is C31H49N3O3. The van der Waals surface area contributed by atoms with Gasteiger partial charge in [0.2, 0.25) is 0 Å². The van der Waals surface area contributed by atoms with Gasteiger partial charge in [0.1, 0.15) is 0 Å². The quantitative estimate of drug-likeness (QED) is 0.265. The van der Waals surface area contributed by atoms with E-state index >= 15 is 0 Å². The summed E-state index contributed by atoms with van der Waals surface area (Å²) < 4.78 is 0. The second kappa shape index (κ2) is 9.81. The molecule has 0 aromatic carbocycles. The Morgan fingerprint density at radius 3 is 2.57 bits per heavy atom. The molecule has 1 unspecified atom stereocenters. The molecule has 206 valence electrons. The molecule has 6 nitrogen and oxygen atoms in total. The molecule has 1 amide bonds. The first-order valence-electron chi connectivity index (χ1n) is 15.0. The Morgan fingerprint density at radius 2 is 1.86 bits per heavy atom. The highest BCUT2D eigenvalue weighted by Crippen LogP contribution is 2.66. The van der Waals surface area contributed by atoms with Crippen molar-refractivity contribution in [3.05, 3.63) is 11.6 Å². The van der Waals surface area contributed by atoms with Crippen LogP contribution >= 0.6 is 0 Å². The van der Waals surface area contributed by atoms with Gasteiger partial charge in [0.25, 0.3) is 0 Å². The van der Waals surface area contributed by atoms with Gasteiger partial charge in [0.15, 0.2) is 5.78 Å². The van der Waals surface area contributed by atoms with Crippen LogP contribution in [-0.4, -0.2) is 48.2 Å². The number of carbonyl (C=O) groups excluding carboxylic acids is 2. The van der Waals surface area contributed by atoms with E-state index in [0.717, 1.165) is 43.9 Å². The summed E-state index contributed by atoms with van der Waals surface area (Å²) in [6.45, 7) is 15.8. The molecule has 0 bridgehead atoms. The van der Waals surface area contributed by atoms with Crippen LogP contribution in [0.1, 0.15) is 99.3 Å². The predicted molar refractivity (Wildman–Crippen MR) is 147 cm³/mol. The number of allylic oxidation sites excluding steroid dienone is 1. The highest BCUT2D eigenvalue weighted by atomic mass is 16.7. The molecule has 1 heterocycles. The molecule has 1 aliphatic heterocycles. The summed E-state index contributed by atoms with van der Waals surface area (Å²) in [6, 6.07) is 0.282. The Labute approximate surface area is 224 Å². The Bertz CT molecular complexity index is 986. The maximum Gasteiger partial charge on any atom is 0.436 e. The number of amides is 1. The summed E-state index contributed by atoms with van der Waals surface area (Å²) in [7, 11) is 0. The van der Waals surface area contributed by atoms with Crippen molar-refractivity contribution in [3.63, 3.8) is 0 Å². The molecule has 1 saturated heterocycles. The van der Waals surface area contributed by atoms with Gasteiger partial charge in [-0.25, -0.2) is 4.79 Å². The van der Waals surface area contributed by atoms with Gasteiger partial charge in [-0.3, -0.25) is 9.63 Å². The lowest BCUT2D eigenvalue weighted by Crippen LogP contribution is -2.51. The van der Waals surface area contributed by atoms with Crippen LogP contribution in [0.25, 0.3) is 0 Å². The summed E-state index contributed by atoms with van der Waals surface area (Å²) in [6.07, 6.45) is 11.6. The number of carbonyl (C=O) groups is 2. The summed E-state index contributed by atoms with van der Waals surface area (Å²) in [5.74, 6) is 2.82. The Morgan fingerprint density at radius 1 is 1.08 bits per heavy atom. The third-order valence-electron chi connectivity index (χ3n) is 11.9. The topological polar surface area (TPSA) is 71.0 Å². The number of ketones is 1. The minimum atomic E-state index is -0.332. The van der Waals surface area contributed by atoms with Crippen LogP contribution in [-0.2, 0) is 9.63 Å². The molecule has 1 N–H and O–H groups in total. The van der Waals surface area contributed by atoms with Crippen molar-refractivity contribution in [3.8, 4) is 0 Å². The van der Waals surface area contributed by atoms with Gasteiger partial charge in [-0.15, -0.1) is 0 Å². The van der Waals surface area contributed by atoms with Crippen molar-refractivity contribution in [2.24, 2.45) is 45.1 Å². The van der Waals surface area contributed by atoms with Gasteiger partial charge < -0.3 is 10.2 Å². The smallest absolute Gasteiger partial charge is 0.312 e. The SMILES string of the molecule is CCN(CC1NCCC1(C)C)C(=O)O/N=C(\C)[C@H]1CC[C@H]2[C@@H]3CCC4=CC(=O)CC[C@]4(C)[C@H]3CC[C@]12C. The molecule has 37 heavy (non-hydrogen) atoms. The fourth-order valence-electron chi connectivity index (χ4n) is 9.36. The Balaban J connectivity index is 1.25. The number of fused-ring (bicyclic) bond motifs is 5. The van der Waals surface area contributed by atoms with E-state index in [9.17, 15) is 9.59 Å². The zero-order valence-electron chi connectivity index (χ0n) is 24.1. The molecular weight excluding hydrogens is 462 g/mol. The van der Waals surface area contributed by atoms with E-state index in [1.807, 2.05) is 13.0 Å². The van der Waals surface area contributed by atoms with Crippen molar-refractivity contribution >= 4 is 17.6 Å². The fourth-order valence-corrected chi connectivity index (χ4v) is 9.36. The lowest BCUT2D eigenvalue weighted by atomic mass is 9.46. The van der Waals surface area contributed by atoms with Crippen molar-refractivity contribution in [2.75, 3.05) is 19.6 Å². The third-order valence-corrected chi connectivity index (χ3v) is 11.9. The monoisotopic (exact) mass is 511 g/mol. The van der Waals surface area contributed by atoms with Gasteiger partial charge in [-0.1, -0.05) is 38.4 Å². The van der Waals surface area contributed by atoms with Crippen LogP contribution in [0.4, 0.5) is 4.79 Å². The number of nitrogens with zero attached hydrogens (tertiary/aromatic N) is 2. The normalized spacial score (nSPS) is 40.9. The van der Waals surface area contributed by atoms with Gasteiger partial charge in [0.05, 0.1) is 5.71 Å². The zero-order valence-corrected chi connectivity index (χ0v) is 24.1. The highest BCUT2D eigenvalue weighted by Gasteiger charge is 2.59. The molecule has 5 aliphatic rings. The fraction of sp³-hybridized carbons (Fsp3) is 0.839. The molecule has 4 fully saturated rings. The van der Waals surface area contributed by atoms with Crippen LogP contribution in [0.5, 0.6) is 0 Å². The maximum atomic E-state index is 13.0. The van der Waals surface area contributed by atoms with Gasteiger partial charge in [-0.05, 0) is 112 Å². The minimum absolute atomic E-state index is 0.180. The van der Waals surface area contributed by atoms with Gasteiger partial charge in [-0.2, -0.15) is 0 Å². The van der Waals surface area contributed by atoms with Crippen LogP contribution in [0.15, 0.2) is 16.8 Å². The second-order valence-electron chi connectivity index (χ2n) is 14.0. The number of hydrogen-bond acceptors (Lipinski definition) is 5. The first-order valence-corrected chi connectivity index (χ1v) is 15.0. The van der Waals surface area contributed by atoms with Crippen molar-refractivity contribution < 1.29 is 14.4 Å². The van der Waals surface area contributed by atoms with E-state index in [1.165, 1.54) is 31.3 Å². The first kappa shape index (κ1) is 26.9. The zero-order chi connectivity index (χ0) is 26.6. The molecule has 4 aliphatic carbocycles. The lowest BCUT2D eigenvalue weighted by molar-refractivity contribution is -0.117. The summed E-state index contributed by atoms with van der Waals surface area (Å²) in [5, 5.41) is 8.02. The van der Waals surface area contributed by atoms with Gasteiger partial charge >= 0.3 is 6.09 Å². The number of oxime groups is 1. The van der Waals surface area contributed by atoms with E-state index in [2.05, 4.69) is 45.1 Å². The van der Waals surface area contributed by atoms with Crippen LogP contribution in [0, 0.1) is 39.9 Å². The van der Waals surface area contributed by atoms with Crippen LogP contribution < -0.4 is 5.32 Å². The highest BCUT2D eigenvalue weighted by molar-refractivity contribution is 5.91. The predicted octanol–water partition coefficient (Wildman–Crippen LogP) is 6.36. The average molecular weight is 512 g/mol. The van der Waals surface area contributed by atoms with E-state index in [-0.39, 0.29) is 28.4 Å². The molecule has 0 aromatic heterocycles. The second-order valence-corrected chi connectivity index (χ2v) is 14.0. The lowest BCUT2D eigenvalue weighted by Gasteiger charge is -2.58. The molecule has 0 radical (unpaired) electrons. The number of likely N-dealkylation sites (N-methyl/N-ethyl adjacent to an activating group) is 1. The third kappa shape index (κ3) is 4.59. The molecule has 0 aromatic rings. The summed E-state index contributed by atoms with van der Waals surface area (Å²) in [5.41, 5.74) is 3.02. The maximum absolute atomic E-state index is 13.0. The van der Waals surface area contributed by atoms with Crippen LogP contribution in [0.2, 0.25) is 0 Å². The standard InChI is InChI=1S/C31H49N3O3/c1-7-34(19-27-29(3,4)16-17-32-27)28(36)37-33-20(2)24-10-11-25-23-9-8-21-18-22(35)12-14-30(21,5)26(23)13-15-31(24,25)6/h18,23-27,32H,7-17,19H2,1-6H3/b33-20+/t23-,24+,25-,26-,27?,30-,31+/m0/s1. The largest absolute Gasteiger partial charge is 0.436 e. The van der Waals surface area contributed by atoms with Crippen molar-refractivity contribution in [1.29, 1.82) is 0 Å². The first-order chi connectivity index (χ1) is 17.5. The number of rotatable bonds is 5. The molecule has 5 rings (SSSR count). The van der Waals surface area contributed by atoms with E-state index < -0.39 is 0 Å². The average Bonchev–Trinajstić information content (AvgIpc) is 3.39. The Hall–Kier alpha value is -1.69. The Kier molecular flexibility index (Phi) is 7.13. The summed E-state index contributed by atoms with van der Waals surface area (Å²) >= 11 is 0. The van der Waals surface area contributed by atoms with E-state index in [4.69, 9.17) is 4.84 Å². The van der Waals surface area contributed by atoms with E-state index in [1.54, 1.807) is 4.90 Å². The molecule has 6 heteroatoms. The van der Waals surface area contributed by atoms with E-state index in [0.29, 0.717) is 43.0 Å². The van der Waals surface area contributed by atoms with Crippen molar-refractivity contribution in [1.82, 2.24) is 10.2 Å². The molecule has 3 saturated carbocycles. The number of hydrogen-bond donors (Lipinski definition) is 1. The number of nitrogens with one attached hydrogen (secondary N) is 1. The van der Waals surface area contributed by atoms with Gasteiger partial charge in [0, 0.05) is 31.5 Å².